The molecule has 146 valence electrons. The largest absolute Gasteiger partial charge is 0.344 e. The first-order valence-corrected chi connectivity index (χ1v) is 10.8. The maximum Gasteiger partial charge on any atom is 0.261 e. The third-order valence-corrected chi connectivity index (χ3v) is 6.06. The van der Waals surface area contributed by atoms with Gasteiger partial charge in [0, 0.05) is 22.3 Å². The Morgan fingerprint density at radius 3 is 2.72 bits per heavy atom. The van der Waals surface area contributed by atoms with Gasteiger partial charge in [-0.05, 0) is 35.2 Å². The summed E-state index contributed by atoms with van der Waals surface area (Å²) in [4.78, 5) is 30.8. The predicted molar refractivity (Wildman–Crippen MR) is 119 cm³/mol. The van der Waals surface area contributed by atoms with Gasteiger partial charge in [-0.15, -0.1) is 11.3 Å². The molecule has 2 aromatic heterocycles. The zero-order chi connectivity index (χ0) is 20.2. The molecule has 0 aliphatic carbocycles. The van der Waals surface area contributed by atoms with E-state index in [2.05, 4.69) is 26.2 Å². The normalized spacial score (nSPS) is 12.0. The van der Waals surface area contributed by atoms with Gasteiger partial charge < -0.3 is 5.32 Å². The fraction of sp³-hybridized carbons (Fsp3) is 0.136. The van der Waals surface area contributed by atoms with E-state index in [0.29, 0.717) is 10.9 Å². The number of nitrogens with one attached hydrogen (secondary N) is 1. The van der Waals surface area contributed by atoms with Crippen LogP contribution in [0.1, 0.15) is 22.9 Å². The number of aryl methyl sites for hydroxylation is 1. The van der Waals surface area contributed by atoms with Crippen LogP contribution in [0, 0.1) is 0 Å². The van der Waals surface area contributed by atoms with Crippen molar-refractivity contribution < 1.29 is 4.79 Å². The van der Waals surface area contributed by atoms with Crippen LogP contribution in [0.25, 0.3) is 10.9 Å². The highest BCUT2D eigenvalue weighted by Crippen LogP contribution is 2.26. The van der Waals surface area contributed by atoms with Crippen molar-refractivity contribution in [3.8, 4) is 0 Å². The zero-order valence-electron chi connectivity index (χ0n) is 15.4. The molecule has 0 bridgehead atoms. The summed E-state index contributed by atoms with van der Waals surface area (Å²) in [6.45, 7) is 0.270. The highest BCUT2D eigenvalue weighted by atomic mass is 79.9. The van der Waals surface area contributed by atoms with Crippen molar-refractivity contribution in [1.82, 2.24) is 14.9 Å². The van der Waals surface area contributed by atoms with Crippen LogP contribution in [-0.2, 0) is 11.3 Å². The summed E-state index contributed by atoms with van der Waals surface area (Å²) in [5.41, 5.74) is 1.51. The Bertz CT molecular complexity index is 1190. The molecule has 0 aliphatic rings. The van der Waals surface area contributed by atoms with Crippen LogP contribution in [-0.4, -0.2) is 15.5 Å². The number of fused-ring (bicyclic) bond motifs is 1. The first kappa shape index (κ1) is 19.5. The molecule has 2 aromatic carbocycles. The van der Waals surface area contributed by atoms with Crippen LogP contribution in [0.15, 0.2) is 81.6 Å². The lowest BCUT2D eigenvalue weighted by atomic mass is 10.1. The van der Waals surface area contributed by atoms with Gasteiger partial charge in [0.15, 0.2) is 0 Å². The summed E-state index contributed by atoms with van der Waals surface area (Å²) < 4.78 is 2.30. The number of carbonyl (C=O) groups is 1. The Morgan fingerprint density at radius 2 is 1.97 bits per heavy atom. The summed E-state index contributed by atoms with van der Waals surface area (Å²) in [6, 6.07) is 19.0. The Kier molecular flexibility index (Phi) is 5.87. The van der Waals surface area contributed by atoms with E-state index in [1.807, 2.05) is 53.9 Å². The molecule has 4 rings (SSSR count). The van der Waals surface area contributed by atoms with E-state index in [1.165, 1.54) is 10.9 Å². The van der Waals surface area contributed by atoms with Crippen LogP contribution in [0.5, 0.6) is 0 Å². The number of rotatable bonds is 6. The van der Waals surface area contributed by atoms with E-state index < -0.39 is 0 Å². The second kappa shape index (κ2) is 8.71. The third kappa shape index (κ3) is 4.46. The summed E-state index contributed by atoms with van der Waals surface area (Å²) in [7, 11) is 0. The Hall–Kier alpha value is -2.77. The SMILES string of the molecule is O=C(CCn1cnc2ccc(Br)cc2c1=O)N[C@H](c1ccccc1)c1cccs1. The summed E-state index contributed by atoms with van der Waals surface area (Å²) in [6.07, 6.45) is 1.69. The van der Waals surface area contributed by atoms with Crippen LogP contribution >= 0.6 is 27.3 Å². The Balaban J connectivity index is 1.50. The number of halogens is 1. The van der Waals surface area contributed by atoms with Gasteiger partial charge in [-0.1, -0.05) is 52.3 Å². The number of nitrogens with zero attached hydrogens (tertiary/aromatic N) is 2. The molecule has 0 spiro atoms. The van der Waals surface area contributed by atoms with E-state index in [9.17, 15) is 9.59 Å². The topological polar surface area (TPSA) is 64.0 Å². The molecule has 1 N–H and O–H groups in total. The monoisotopic (exact) mass is 467 g/mol. The van der Waals surface area contributed by atoms with Crippen molar-refractivity contribution in [2.45, 2.75) is 19.0 Å². The number of carbonyl (C=O) groups excluding carboxylic acids is 1. The van der Waals surface area contributed by atoms with Crippen LogP contribution in [0.2, 0.25) is 0 Å². The van der Waals surface area contributed by atoms with Gasteiger partial charge in [-0.2, -0.15) is 0 Å². The average Bonchev–Trinajstić information content (AvgIpc) is 3.27. The number of benzene rings is 2. The van der Waals surface area contributed by atoms with Crippen molar-refractivity contribution in [3.63, 3.8) is 0 Å². The molecular weight excluding hydrogens is 450 g/mol. The minimum Gasteiger partial charge on any atom is -0.344 e. The lowest BCUT2D eigenvalue weighted by molar-refractivity contribution is -0.121. The molecule has 0 radical (unpaired) electrons. The van der Waals surface area contributed by atoms with Gasteiger partial charge in [-0.3, -0.25) is 14.2 Å². The van der Waals surface area contributed by atoms with E-state index in [1.54, 1.807) is 23.5 Å². The summed E-state index contributed by atoms with van der Waals surface area (Å²) in [5.74, 6) is -0.117. The van der Waals surface area contributed by atoms with Crippen LogP contribution in [0.4, 0.5) is 0 Å². The zero-order valence-corrected chi connectivity index (χ0v) is 17.8. The van der Waals surface area contributed by atoms with Crippen molar-refractivity contribution in [2.24, 2.45) is 0 Å². The van der Waals surface area contributed by atoms with Gasteiger partial charge >= 0.3 is 0 Å². The Labute approximate surface area is 180 Å². The maximum atomic E-state index is 12.7. The lowest BCUT2D eigenvalue weighted by Crippen LogP contribution is -2.31. The molecule has 4 aromatic rings. The van der Waals surface area contributed by atoms with Gasteiger partial charge in [-0.25, -0.2) is 4.98 Å². The standard InChI is InChI=1S/C22H18BrN3O2S/c23-16-8-9-18-17(13-16)22(28)26(14-24-18)11-10-20(27)25-21(19-7-4-12-29-19)15-5-2-1-3-6-15/h1-9,12-14,21H,10-11H2,(H,25,27)/t21-/m1/s1. The molecule has 2 heterocycles. The first-order chi connectivity index (χ1) is 14.1. The van der Waals surface area contributed by atoms with Crippen LogP contribution < -0.4 is 10.9 Å². The van der Waals surface area contributed by atoms with E-state index in [4.69, 9.17) is 0 Å². The number of amides is 1. The van der Waals surface area contributed by atoms with Gasteiger partial charge in [0.25, 0.3) is 5.56 Å². The molecule has 29 heavy (non-hydrogen) atoms. The molecule has 0 fully saturated rings. The van der Waals surface area contributed by atoms with E-state index >= 15 is 0 Å². The molecule has 1 amide bonds. The minimum atomic E-state index is -0.203. The van der Waals surface area contributed by atoms with Crippen LogP contribution in [0.3, 0.4) is 0 Å². The summed E-state index contributed by atoms with van der Waals surface area (Å²) >= 11 is 4.99. The molecule has 5 nitrogen and oxygen atoms in total. The maximum absolute atomic E-state index is 12.7. The fourth-order valence-electron chi connectivity index (χ4n) is 3.17. The van der Waals surface area contributed by atoms with Crippen molar-refractivity contribution in [2.75, 3.05) is 0 Å². The van der Waals surface area contributed by atoms with Gasteiger partial charge in [0.2, 0.25) is 5.91 Å². The minimum absolute atomic E-state index is 0.117. The fourth-order valence-corrected chi connectivity index (χ4v) is 4.33. The number of hydrogen-bond acceptors (Lipinski definition) is 4. The third-order valence-electron chi connectivity index (χ3n) is 4.63. The lowest BCUT2D eigenvalue weighted by Gasteiger charge is -2.18. The molecule has 0 saturated heterocycles. The number of thiophene rings is 1. The van der Waals surface area contributed by atoms with Gasteiger partial charge in [0.1, 0.15) is 0 Å². The van der Waals surface area contributed by atoms with E-state index in [0.717, 1.165) is 14.9 Å². The molecule has 0 saturated carbocycles. The van der Waals surface area contributed by atoms with Crippen molar-refractivity contribution in [1.29, 1.82) is 0 Å². The van der Waals surface area contributed by atoms with E-state index in [-0.39, 0.29) is 30.5 Å². The van der Waals surface area contributed by atoms with Crippen molar-refractivity contribution in [3.05, 3.63) is 97.6 Å². The van der Waals surface area contributed by atoms with Gasteiger partial charge in [0.05, 0.1) is 23.3 Å². The smallest absolute Gasteiger partial charge is 0.261 e. The first-order valence-electron chi connectivity index (χ1n) is 9.14. The quantitative estimate of drug-likeness (QED) is 0.453. The number of aromatic nitrogens is 2. The predicted octanol–water partition coefficient (Wildman–Crippen LogP) is 4.52. The highest BCUT2D eigenvalue weighted by Gasteiger charge is 2.17. The molecular formula is C22H18BrN3O2S. The summed E-state index contributed by atoms with van der Waals surface area (Å²) in [5, 5.41) is 5.63. The van der Waals surface area contributed by atoms with Crippen molar-refractivity contribution >= 4 is 44.1 Å². The molecule has 7 heteroatoms. The Morgan fingerprint density at radius 1 is 1.14 bits per heavy atom. The second-order valence-corrected chi connectivity index (χ2v) is 8.48. The molecule has 1 atom stereocenters. The molecule has 0 unspecified atom stereocenters. The highest BCUT2D eigenvalue weighted by molar-refractivity contribution is 9.10. The second-order valence-electron chi connectivity index (χ2n) is 6.58. The number of hydrogen-bond donors (Lipinski definition) is 1. The molecule has 0 aliphatic heterocycles. The average molecular weight is 468 g/mol.